The fourth-order valence-corrected chi connectivity index (χ4v) is 2.49. The predicted octanol–water partition coefficient (Wildman–Crippen LogP) is 2.50. The molecule has 1 N–H and O–H groups in total. The number of pyridine rings is 1. The van der Waals surface area contributed by atoms with Gasteiger partial charge >= 0.3 is 6.03 Å². The number of nitrogens with one attached hydrogen (secondary N) is 1. The number of carbonyl (C=O) groups excluding carboxylic acids is 1. The van der Waals surface area contributed by atoms with E-state index < -0.39 is 0 Å². The van der Waals surface area contributed by atoms with Gasteiger partial charge in [-0.15, -0.1) is 0 Å². The Balaban J connectivity index is 1.43. The summed E-state index contributed by atoms with van der Waals surface area (Å²) in [5, 5.41) is 7.05. The fraction of sp³-hybridized carbons (Fsp3) is 0.250. The second-order valence-electron chi connectivity index (χ2n) is 6.08. The SMILES string of the molecule is COc1ccc(OCCN(C)C(=O)NCc2ccnc(-n3cccn3)c2)cc1. The van der Waals surface area contributed by atoms with Gasteiger partial charge in [-0.1, -0.05) is 0 Å². The van der Waals surface area contributed by atoms with Crippen LogP contribution in [0.5, 0.6) is 11.5 Å². The standard InChI is InChI=1S/C20H23N5O3/c1-24(12-13-28-18-6-4-17(27-2)5-7-18)20(26)22-15-16-8-10-21-19(14-16)25-11-3-9-23-25/h3-11,14H,12-13,15H2,1-2H3,(H,22,26). The van der Waals surface area contributed by atoms with Crippen molar-refractivity contribution in [3.8, 4) is 17.3 Å². The first-order chi connectivity index (χ1) is 13.7. The van der Waals surface area contributed by atoms with Crippen molar-refractivity contribution in [2.45, 2.75) is 6.54 Å². The first-order valence-corrected chi connectivity index (χ1v) is 8.86. The van der Waals surface area contributed by atoms with Crippen molar-refractivity contribution in [1.82, 2.24) is 25.0 Å². The molecule has 1 aromatic carbocycles. The summed E-state index contributed by atoms with van der Waals surface area (Å²) in [6, 6.07) is 12.7. The van der Waals surface area contributed by atoms with Crippen LogP contribution in [0.3, 0.4) is 0 Å². The van der Waals surface area contributed by atoms with E-state index in [-0.39, 0.29) is 6.03 Å². The number of rotatable bonds is 8. The normalized spacial score (nSPS) is 10.4. The third kappa shape index (κ3) is 5.23. The van der Waals surface area contributed by atoms with E-state index in [0.717, 1.165) is 17.1 Å². The van der Waals surface area contributed by atoms with E-state index in [2.05, 4.69) is 15.4 Å². The van der Waals surface area contributed by atoms with Gasteiger partial charge in [0, 0.05) is 32.2 Å². The molecule has 0 saturated heterocycles. The number of benzene rings is 1. The van der Waals surface area contributed by atoms with E-state index in [1.807, 2.05) is 48.7 Å². The zero-order valence-electron chi connectivity index (χ0n) is 15.9. The molecule has 0 atom stereocenters. The van der Waals surface area contributed by atoms with Crippen molar-refractivity contribution in [2.75, 3.05) is 27.3 Å². The molecule has 0 fully saturated rings. The molecule has 0 unspecified atom stereocenters. The van der Waals surface area contributed by atoms with Crippen LogP contribution >= 0.6 is 0 Å². The lowest BCUT2D eigenvalue weighted by atomic mass is 10.2. The summed E-state index contributed by atoms with van der Waals surface area (Å²) in [4.78, 5) is 18.1. The highest BCUT2D eigenvalue weighted by Gasteiger charge is 2.09. The van der Waals surface area contributed by atoms with Crippen molar-refractivity contribution in [3.05, 3.63) is 66.6 Å². The number of urea groups is 1. The molecule has 0 aliphatic heterocycles. The third-order valence-corrected chi connectivity index (χ3v) is 4.09. The van der Waals surface area contributed by atoms with E-state index in [4.69, 9.17) is 9.47 Å². The number of nitrogens with zero attached hydrogens (tertiary/aromatic N) is 4. The van der Waals surface area contributed by atoms with Gasteiger partial charge in [0.15, 0.2) is 5.82 Å². The van der Waals surface area contributed by atoms with Gasteiger partial charge in [-0.3, -0.25) is 0 Å². The van der Waals surface area contributed by atoms with Crippen LogP contribution in [0.1, 0.15) is 5.56 Å². The molecule has 28 heavy (non-hydrogen) atoms. The molecule has 3 aromatic rings. The van der Waals surface area contributed by atoms with Crippen molar-refractivity contribution >= 4 is 6.03 Å². The molecule has 8 nitrogen and oxygen atoms in total. The average molecular weight is 381 g/mol. The number of likely N-dealkylation sites (N-methyl/N-ethyl adjacent to an activating group) is 1. The van der Waals surface area contributed by atoms with Gasteiger partial charge in [-0.2, -0.15) is 5.10 Å². The maximum absolute atomic E-state index is 12.3. The predicted molar refractivity (Wildman–Crippen MR) is 105 cm³/mol. The summed E-state index contributed by atoms with van der Waals surface area (Å²) >= 11 is 0. The maximum Gasteiger partial charge on any atom is 0.317 e. The number of hydrogen-bond acceptors (Lipinski definition) is 5. The van der Waals surface area contributed by atoms with Crippen LogP contribution in [0.15, 0.2) is 61.1 Å². The molecule has 8 heteroatoms. The highest BCUT2D eigenvalue weighted by molar-refractivity contribution is 5.73. The molecule has 0 saturated carbocycles. The molecule has 3 rings (SSSR count). The maximum atomic E-state index is 12.3. The van der Waals surface area contributed by atoms with Gasteiger partial charge in [-0.05, 0) is 48.0 Å². The third-order valence-electron chi connectivity index (χ3n) is 4.09. The minimum Gasteiger partial charge on any atom is -0.497 e. The molecule has 0 aliphatic rings. The van der Waals surface area contributed by atoms with Gasteiger partial charge < -0.3 is 19.7 Å². The Kier molecular flexibility index (Phi) is 6.46. The van der Waals surface area contributed by atoms with E-state index in [9.17, 15) is 4.79 Å². The summed E-state index contributed by atoms with van der Waals surface area (Å²) in [5.74, 6) is 2.21. The van der Waals surface area contributed by atoms with E-state index in [0.29, 0.717) is 25.5 Å². The summed E-state index contributed by atoms with van der Waals surface area (Å²) in [5.41, 5.74) is 0.941. The molecular weight excluding hydrogens is 358 g/mol. The molecule has 2 aromatic heterocycles. The molecule has 0 spiro atoms. The van der Waals surface area contributed by atoms with Crippen molar-refractivity contribution < 1.29 is 14.3 Å². The Bertz CT molecular complexity index is 881. The Hall–Kier alpha value is -3.55. The monoisotopic (exact) mass is 381 g/mol. The van der Waals surface area contributed by atoms with Crippen molar-refractivity contribution in [2.24, 2.45) is 0 Å². The minimum atomic E-state index is -0.171. The largest absolute Gasteiger partial charge is 0.497 e. The van der Waals surface area contributed by atoms with Crippen molar-refractivity contribution in [1.29, 1.82) is 0 Å². The van der Waals surface area contributed by atoms with Gasteiger partial charge in [-0.25, -0.2) is 14.5 Å². The first-order valence-electron chi connectivity index (χ1n) is 8.86. The number of methoxy groups -OCH3 is 1. The second kappa shape index (κ2) is 9.40. The molecule has 146 valence electrons. The Morgan fingerprint density at radius 2 is 1.96 bits per heavy atom. The van der Waals surface area contributed by atoms with Crippen LogP contribution < -0.4 is 14.8 Å². The Morgan fingerprint density at radius 3 is 2.68 bits per heavy atom. The summed E-state index contributed by atoms with van der Waals surface area (Å²) < 4.78 is 12.4. The van der Waals surface area contributed by atoms with Gasteiger partial charge in [0.05, 0.1) is 13.7 Å². The number of amides is 2. The van der Waals surface area contributed by atoms with Gasteiger partial charge in [0.1, 0.15) is 18.1 Å². The number of hydrogen-bond donors (Lipinski definition) is 1. The molecule has 0 aliphatic carbocycles. The number of carbonyl (C=O) groups is 1. The lowest BCUT2D eigenvalue weighted by Gasteiger charge is -2.18. The van der Waals surface area contributed by atoms with Crippen LogP contribution in [0.2, 0.25) is 0 Å². The van der Waals surface area contributed by atoms with Gasteiger partial charge in [0.2, 0.25) is 0 Å². The van der Waals surface area contributed by atoms with Crippen molar-refractivity contribution in [3.63, 3.8) is 0 Å². The van der Waals surface area contributed by atoms with E-state index in [1.54, 1.807) is 36.1 Å². The second-order valence-corrected chi connectivity index (χ2v) is 6.08. The molecule has 0 radical (unpaired) electrons. The van der Waals surface area contributed by atoms with Gasteiger partial charge in [0.25, 0.3) is 0 Å². The zero-order valence-corrected chi connectivity index (χ0v) is 15.9. The summed E-state index contributed by atoms with van der Waals surface area (Å²) in [6.07, 6.45) is 5.21. The molecular formula is C20H23N5O3. The van der Waals surface area contributed by atoms with E-state index in [1.165, 1.54) is 0 Å². The topological polar surface area (TPSA) is 81.5 Å². The summed E-state index contributed by atoms with van der Waals surface area (Å²) in [6.45, 7) is 1.26. The quantitative estimate of drug-likeness (QED) is 0.648. The lowest BCUT2D eigenvalue weighted by molar-refractivity contribution is 0.195. The smallest absolute Gasteiger partial charge is 0.317 e. The average Bonchev–Trinajstić information content (AvgIpc) is 3.27. The molecule has 2 amide bonds. The number of ether oxygens (including phenoxy) is 2. The molecule has 2 heterocycles. The minimum absolute atomic E-state index is 0.171. The van der Waals surface area contributed by atoms with Crippen LogP contribution in [0.25, 0.3) is 5.82 Å². The van der Waals surface area contributed by atoms with Crippen LogP contribution in [-0.4, -0.2) is 53.0 Å². The highest BCUT2D eigenvalue weighted by atomic mass is 16.5. The Morgan fingerprint density at radius 1 is 1.18 bits per heavy atom. The lowest BCUT2D eigenvalue weighted by Crippen LogP contribution is -2.39. The summed E-state index contributed by atoms with van der Waals surface area (Å²) in [7, 11) is 3.35. The highest BCUT2D eigenvalue weighted by Crippen LogP contribution is 2.16. The first kappa shape index (κ1) is 19.2. The zero-order chi connectivity index (χ0) is 19.8. The molecule has 0 bridgehead atoms. The van der Waals surface area contributed by atoms with E-state index >= 15 is 0 Å². The van der Waals surface area contributed by atoms with Crippen LogP contribution in [-0.2, 0) is 6.54 Å². The van der Waals surface area contributed by atoms with Crippen LogP contribution in [0.4, 0.5) is 4.79 Å². The number of aromatic nitrogens is 3. The van der Waals surface area contributed by atoms with Crippen LogP contribution in [0, 0.1) is 0 Å². The Labute approximate surface area is 163 Å². The fourth-order valence-electron chi connectivity index (χ4n) is 2.49.